The summed E-state index contributed by atoms with van der Waals surface area (Å²) >= 11 is 6.36. The van der Waals surface area contributed by atoms with Crippen molar-refractivity contribution in [3.63, 3.8) is 0 Å². The summed E-state index contributed by atoms with van der Waals surface area (Å²) in [5, 5.41) is 2.45. The Morgan fingerprint density at radius 3 is 2.17 bits per heavy atom. The number of nitrogens with one attached hydrogen (secondary N) is 1. The number of hydrogen-bond acceptors (Lipinski definition) is 5. The van der Waals surface area contributed by atoms with Gasteiger partial charge in [0.1, 0.15) is 36.1 Å². The molecule has 0 aromatic heterocycles. The highest BCUT2D eigenvalue weighted by Gasteiger charge is 2.36. The molecule has 4 aromatic carbocycles. The second-order valence-electron chi connectivity index (χ2n) is 8.83. The van der Waals surface area contributed by atoms with Gasteiger partial charge in [-0.1, -0.05) is 60.1 Å². The fourth-order valence-corrected chi connectivity index (χ4v) is 4.20. The molecule has 4 aromatic rings. The van der Waals surface area contributed by atoms with Crippen molar-refractivity contribution in [3.05, 3.63) is 130 Å². The molecule has 0 aliphatic carbocycles. The van der Waals surface area contributed by atoms with Crippen LogP contribution in [0.25, 0.3) is 6.08 Å². The Morgan fingerprint density at radius 1 is 0.800 bits per heavy atom. The standard InChI is InChI=1S/C31H22ClFN2O5/c32-27-17-22(8-15-28(27)40-19-21-6-9-23(33)10-7-21)16-26-29(36)34-31(38)35(30(26)37)24-11-13-25(14-12-24)39-18-20-4-2-1-3-5-20/h1-17H,18-19H2,(H,34,36,38)/b26-16+. The number of anilines is 1. The number of carbonyl (C=O) groups is 3. The van der Waals surface area contributed by atoms with E-state index in [2.05, 4.69) is 5.32 Å². The summed E-state index contributed by atoms with van der Waals surface area (Å²) in [6.07, 6.45) is 1.35. The zero-order valence-electron chi connectivity index (χ0n) is 21.0. The van der Waals surface area contributed by atoms with Gasteiger partial charge in [0.2, 0.25) is 0 Å². The fraction of sp³-hybridized carbons (Fsp3) is 0.0645. The molecule has 1 fully saturated rings. The highest BCUT2D eigenvalue weighted by Crippen LogP contribution is 2.29. The van der Waals surface area contributed by atoms with E-state index in [1.807, 2.05) is 30.3 Å². The SMILES string of the molecule is O=C1NC(=O)N(c2ccc(OCc3ccccc3)cc2)C(=O)/C1=C/c1ccc(OCc2ccc(F)cc2)c(Cl)c1. The van der Waals surface area contributed by atoms with Crippen LogP contribution in [-0.2, 0) is 22.8 Å². The number of barbiturate groups is 1. The molecule has 0 radical (unpaired) electrons. The smallest absolute Gasteiger partial charge is 0.335 e. The molecule has 5 rings (SSSR count). The summed E-state index contributed by atoms with van der Waals surface area (Å²) in [5.41, 5.74) is 2.25. The van der Waals surface area contributed by atoms with Crippen molar-refractivity contribution in [2.75, 3.05) is 4.90 Å². The Balaban J connectivity index is 1.29. The van der Waals surface area contributed by atoms with Crippen LogP contribution in [0.3, 0.4) is 0 Å². The van der Waals surface area contributed by atoms with E-state index in [1.165, 1.54) is 24.3 Å². The van der Waals surface area contributed by atoms with E-state index >= 15 is 0 Å². The summed E-state index contributed by atoms with van der Waals surface area (Å²) in [4.78, 5) is 39.3. The van der Waals surface area contributed by atoms with Crippen LogP contribution in [0, 0.1) is 5.82 Å². The van der Waals surface area contributed by atoms with E-state index in [9.17, 15) is 18.8 Å². The van der Waals surface area contributed by atoms with Crippen LogP contribution in [0.5, 0.6) is 11.5 Å². The third kappa shape index (κ3) is 6.19. The number of imide groups is 2. The quantitative estimate of drug-likeness (QED) is 0.203. The summed E-state index contributed by atoms with van der Waals surface area (Å²) in [6, 6.07) is 25.8. The van der Waals surface area contributed by atoms with Crippen LogP contribution >= 0.6 is 11.6 Å². The highest BCUT2D eigenvalue weighted by atomic mass is 35.5. The Morgan fingerprint density at radius 2 is 1.48 bits per heavy atom. The summed E-state index contributed by atoms with van der Waals surface area (Å²) in [5.74, 6) is -1.01. The first kappa shape index (κ1) is 26.6. The Kier molecular flexibility index (Phi) is 7.89. The molecule has 0 atom stereocenters. The zero-order chi connectivity index (χ0) is 28.1. The molecule has 0 bridgehead atoms. The van der Waals surface area contributed by atoms with Gasteiger partial charge in [-0.2, -0.15) is 0 Å². The second-order valence-corrected chi connectivity index (χ2v) is 9.24. The Bertz CT molecular complexity index is 1590. The molecule has 0 saturated carbocycles. The first-order valence-corrected chi connectivity index (χ1v) is 12.6. The molecule has 1 N–H and O–H groups in total. The van der Waals surface area contributed by atoms with E-state index in [0.717, 1.165) is 16.0 Å². The predicted molar refractivity (Wildman–Crippen MR) is 148 cm³/mol. The molecule has 1 aliphatic heterocycles. The minimum Gasteiger partial charge on any atom is -0.489 e. The lowest BCUT2D eigenvalue weighted by molar-refractivity contribution is -0.122. The summed E-state index contributed by atoms with van der Waals surface area (Å²) < 4.78 is 24.6. The number of carbonyl (C=O) groups excluding carboxylic acids is 3. The molecule has 200 valence electrons. The molecular formula is C31H22ClFN2O5. The zero-order valence-corrected chi connectivity index (χ0v) is 21.7. The van der Waals surface area contributed by atoms with Gasteiger partial charge in [-0.15, -0.1) is 0 Å². The van der Waals surface area contributed by atoms with Crippen molar-refractivity contribution in [3.8, 4) is 11.5 Å². The van der Waals surface area contributed by atoms with E-state index in [4.69, 9.17) is 21.1 Å². The first-order valence-electron chi connectivity index (χ1n) is 12.2. The molecular weight excluding hydrogens is 535 g/mol. The van der Waals surface area contributed by atoms with Crippen LogP contribution in [0.4, 0.5) is 14.9 Å². The lowest BCUT2D eigenvalue weighted by Gasteiger charge is -2.26. The molecule has 1 aliphatic rings. The van der Waals surface area contributed by atoms with Crippen molar-refractivity contribution >= 4 is 41.2 Å². The number of urea groups is 1. The monoisotopic (exact) mass is 556 g/mol. The van der Waals surface area contributed by atoms with Gasteiger partial charge in [-0.05, 0) is 71.3 Å². The summed E-state index contributed by atoms with van der Waals surface area (Å²) in [6.45, 7) is 0.540. The first-order chi connectivity index (χ1) is 19.4. The van der Waals surface area contributed by atoms with Crippen molar-refractivity contribution in [2.45, 2.75) is 13.2 Å². The third-order valence-electron chi connectivity index (χ3n) is 6.02. The van der Waals surface area contributed by atoms with Crippen molar-refractivity contribution in [1.82, 2.24) is 5.32 Å². The number of nitrogens with zero attached hydrogens (tertiary/aromatic N) is 1. The van der Waals surface area contributed by atoms with E-state index < -0.39 is 17.8 Å². The highest BCUT2D eigenvalue weighted by molar-refractivity contribution is 6.39. The maximum absolute atomic E-state index is 13.2. The number of halogens is 2. The van der Waals surface area contributed by atoms with Gasteiger partial charge >= 0.3 is 6.03 Å². The summed E-state index contributed by atoms with van der Waals surface area (Å²) in [7, 11) is 0. The van der Waals surface area contributed by atoms with Gasteiger partial charge in [0.05, 0.1) is 10.7 Å². The van der Waals surface area contributed by atoms with Crippen LogP contribution in [-0.4, -0.2) is 17.8 Å². The maximum atomic E-state index is 13.2. The number of rotatable bonds is 8. The number of benzene rings is 4. The minimum absolute atomic E-state index is 0.175. The van der Waals surface area contributed by atoms with E-state index in [0.29, 0.717) is 23.7 Å². The molecule has 7 nitrogen and oxygen atoms in total. The Labute approximate surface area is 234 Å². The van der Waals surface area contributed by atoms with Crippen LogP contribution < -0.4 is 19.7 Å². The minimum atomic E-state index is -0.854. The molecule has 1 heterocycles. The molecule has 0 unspecified atom stereocenters. The normalized spacial score (nSPS) is 14.3. The largest absolute Gasteiger partial charge is 0.489 e. The molecule has 4 amide bonds. The molecule has 40 heavy (non-hydrogen) atoms. The topological polar surface area (TPSA) is 84.9 Å². The average Bonchev–Trinajstić information content (AvgIpc) is 2.96. The molecule has 1 saturated heterocycles. The lowest BCUT2D eigenvalue weighted by Crippen LogP contribution is -2.54. The third-order valence-corrected chi connectivity index (χ3v) is 6.31. The maximum Gasteiger partial charge on any atom is 0.335 e. The number of hydrogen-bond donors (Lipinski definition) is 1. The van der Waals surface area contributed by atoms with E-state index in [1.54, 1.807) is 48.5 Å². The average molecular weight is 557 g/mol. The van der Waals surface area contributed by atoms with Crippen molar-refractivity contribution in [1.29, 1.82) is 0 Å². The lowest BCUT2D eigenvalue weighted by atomic mass is 10.1. The van der Waals surface area contributed by atoms with E-state index in [-0.39, 0.29) is 28.7 Å². The van der Waals surface area contributed by atoms with Gasteiger partial charge in [0.25, 0.3) is 11.8 Å². The van der Waals surface area contributed by atoms with Crippen molar-refractivity contribution < 1.29 is 28.2 Å². The van der Waals surface area contributed by atoms with Crippen molar-refractivity contribution in [2.24, 2.45) is 0 Å². The molecule has 9 heteroatoms. The fourth-order valence-electron chi connectivity index (χ4n) is 3.96. The van der Waals surface area contributed by atoms with Crippen LogP contribution in [0.1, 0.15) is 16.7 Å². The van der Waals surface area contributed by atoms with Gasteiger partial charge in [-0.25, -0.2) is 14.1 Å². The van der Waals surface area contributed by atoms with Gasteiger partial charge < -0.3 is 9.47 Å². The predicted octanol–water partition coefficient (Wildman–Crippen LogP) is 6.30. The second kappa shape index (κ2) is 11.8. The number of amides is 4. The van der Waals surface area contributed by atoms with Gasteiger partial charge in [0, 0.05) is 0 Å². The number of ether oxygens (including phenoxy) is 2. The van der Waals surface area contributed by atoms with Gasteiger partial charge in [0.15, 0.2) is 0 Å². The van der Waals surface area contributed by atoms with Gasteiger partial charge in [-0.3, -0.25) is 14.9 Å². The van der Waals surface area contributed by atoms with Crippen LogP contribution in [0.2, 0.25) is 5.02 Å². The molecule has 0 spiro atoms. The Hall–Kier alpha value is -4.95. The van der Waals surface area contributed by atoms with Crippen LogP contribution in [0.15, 0.2) is 103 Å².